The Balaban J connectivity index is 2.14. The van der Waals surface area contributed by atoms with E-state index in [-0.39, 0.29) is 23.0 Å². The first kappa shape index (κ1) is 14.3. The summed E-state index contributed by atoms with van der Waals surface area (Å²) >= 11 is 5.63. The molecule has 0 aromatic heterocycles. The van der Waals surface area contributed by atoms with Gasteiger partial charge in [-0.3, -0.25) is 5.41 Å². The summed E-state index contributed by atoms with van der Waals surface area (Å²) in [6.45, 7) is 0.0556. The lowest BCUT2D eigenvalue weighted by atomic mass is 10.1. The Morgan fingerprint density at radius 1 is 1.20 bits per heavy atom. The summed E-state index contributed by atoms with van der Waals surface area (Å²) in [5.74, 6) is -0.905. The van der Waals surface area contributed by atoms with Gasteiger partial charge in [0.05, 0.1) is 5.02 Å². The first-order valence-corrected chi connectivity index (χ1v) is 6.05. The van der Waals surface area contributed by atoms with E-state index in [9.17, 15) is 8.78 Å². The minimum atomic E-state index is -0.538. The van der Waals surface area contributed by atoms with Gasteiger partial charge in [-0.15, -0.1) is 0 Å². The smallest absolute Gasteiger partial charge is 0.142 e. The number of ether oxygens (including phenoxy) is 1. The Hall–Kier alpha value is -2.14. The number of rotatable bonds is 4. The summed E-state index contributed by atoms with van der Waals surface area (Å²) in [6, 6.07) is 7.94. The van der Waals surface area contributed by atoms with Crippen LogP contribution in [0.5, 0.6) is 5.75 Å². The molecule has 6 heteroatoms. The van der Waals surface area contributed by atoms with Crippen LogP contribution in [0.1, 0.15) is 11.1 Å². The second kappa shape index (κ2) is 5.88. The van der Waals surface area contributed by atoms with Crippen LogP contribution in [0.2, 0.25) is 5.02 Å². The third kappa shape index (κ3) is 3.45. The molecule has 0 radical (unpaired) electrons. The lowest BCUT2D eigenvalue weighted by molar-refractivity contribution is 0.305. The van der Waals surface area contributed by atoms with Gasteiger partial charge in [0.1, 0.15) is 29.8 Å². The molecule has 0 bridgehead atoms. The molecular weight excluding hydrogens is 286 g/mol. The number of amidine groups is 1. The van der Waals surface area contributed by atoms with Gasteiger partial charge in [0.15, 0.2) is 0 Å². The molecule has 2 aromatic carbocycles. The van der Waals surface area contributed by atoms with Crippen LogP contribution in [-0.4, -0.2) is 5.84 Å². The van der Waals surface area contributed by atoms with Crippen molar-refractivity contribution in [2.75, 3.05) is 0 Å². The number of hydrogen-bond acceptors (Lipinski definition) is 2. The Morgan fingerprint density at radius 3 is 2.60 bits per heavy atom. The predicted octanol–water partition coefficient (Wildman–Crippen LogP) is 3.48. The molecule has 0 spiro atoms. The molecule has 0 saturated heterocycles. The molecular formula is C14H11ClF2N2O. The highest BCUT2D eigenvalue weighted by atomic mass is 35.5. The molecule has 0 aliphatic rings. The topological polar surface area (TPSA) is 59.1 Å². The summed E-state index contributed by atoms with van der Waals surface area (Å²) in [6.07, 6.45) is 0. The van der Waals surface area contributed by atoms with Crippen LogP contribution in [0.25, 0.3) is 0 Å². The summed E-state index contributed by atoms with van der Waals surface area (Å²) in [4.78, 5) is 0. The van der Waals surface area contributed by atoms with Crippen molar-refractivity contribution in [1.82, 2.24) is 0 Å². The van der Waals surface area contributed by atoms with Gasteiger partial charge in [-0.1, -0.05) is 11.6 Å². The van der Waals surface area contributed by atoms with E-state index in [4.69, 9.17) is 27.5 Å². The second-order valence-corrected chi connectivity index (χ2v) is 4.53. The largest absolute Gasteiger partial charge is 0.489 e. The van der Waals surface area contributed by atoms with Gasteiger partial charge in [-0.2, -0.15) is 0 Å². The van der Waals surface area contributed by atoms with Crippen molar-refractivity contribution in [2.24, 2.45) is 5.73 Å². The van der Waals surface area contributed by atoms with Crippen LogP contribution in [-0.2, 0) is 6.61 Å². The zero-order valence-corrected chi connectivity index (χ0v) is 11.0. The molecule has 104 valence electrons. The summed E-state index contributed by atoms with van der Waals surface area (Å²) < 4.78 is 31.7. The van der Waals surface area contributed by atoms with Crippen LogP contribution in [0, 0.1) is 17.0 Å². The van der Waals surface area contributed by atoms with E-state index in [0.29, 0.717) is 11.3 Å². The Kier molecular flexibility index (Phi) is 4.20. The van der Waals surface area contributed by atoms with Gasteiger partial charge in [0.25, 0.3) is 0 Å². The highest BCUT2D eigenvalue weighted by molar-refractivity contribution is 6.30. The van der Waals surface area contributed by atoms with E-state index in [2.05, 4.69) is 0 Å². The molecule has 0 fully saturated rings. The van der Waals surface area contributed by atoms with Crippen LogP contribution in [0.4, 0.5) is 8.78 Å². The molecule has 3 nitrogen and oxygen atoms in total. The van der Waals surface area contributed by atoms with Crippen LogP contribution in [0.15, 0.2) is 36.4 Å². The van der Waals surface area contributed by atoms with E-state index in [1.807, 2.05) is 0 Å². The number of nitrogen functional groups attached to an aromatic ring is 1. The molecule has 3 N–H and O–H groups in total. The fourth-order valence-corrected chi connectivity index (χ4v) is 1.79. The molecule has 0 heterocycles. The average Bonchev–Trinajstić information content (AvgIpc) is 2.39. The third-order valence-corrected chi connectivity index (χ3v) is 2.85. The van der Waals surface area contributed by atoms with E-state index < -0.39 is 11.6 Å². The number of nitrogens with two attached hydrogens (primary N) is 1. The van der Waals surface area contributed by atoms with Gasteiger partial charge in [0.2, 0.25) is 0 Å². The maximum absolute atomic E-state index is 13.4. The minimum absolute atomic E-state index is 0.0498. The summed E-state index contributed by atoms with van der Waals surface area (Å²) in [5.41, 5.74) is 6.10. The molecule has 20 heavy (non-hydrogen) atoms. The third-order valence-electron chi connectivity index (χ3n) is 2.57. The lowest BCUT2D eigenvalue weighted by Crippen LogP contribution is -2.12. The van der Waals surface area contributed by atoms with Gasteiger partial charge in [-0.25, -0.2) is 8.78 Å². The van der Waals surface area contributed by atoms with E-state index >= 15 is 0 Å². The Bertz CT molecular complexity index is 662. The first-order chi connectivity index (χ1) is 9.45. The van der Waals surface area contributed by atoms with Crippen LogP contribution < -0.4 is 10.5 Å². The Morgan fingerprint density at radius 2 is 1.95 bits per heavy atom. The second-order valence-electron chi connectivity index (χ2n) is 4.13. The first-order valence-electron chi connectivity index (χ1n) is 5.67. The average molecular weight is 297 g/mol. The van der Waals surface area contributed by atoms with Gasteiger partial charge >= 0.3 is 0 Å². The molecule has 2 rings (SSSR count). The fraction of sp³-hybridized carbons (Fsp3) is 0.0714. The number of halogens is 3. The highest BCUT2D eigenvalue weighted by Crippen LogP contribution is 2.22. The normalized spacial score (nSPS) is 10.3. The lowest BCUT2D eigenvalue weighted by Gasteiger charge is -2.08. The number of benzene rings is 2. The highest BCUT2D eigenvalue weighted by Gasteiger charge is 2.06. The molecule has 0 amide bonds. The summed E-state index contributed by atoms with van der Waals surface area (Å²) in [5, 5.41) is 7.24. The maximum atomic E-state index is 13.4. The molecule has 0 unspecified atom stereocenters. The van der Waals surface area contributed by atoms with Crippen molar-refractivity contribution >= 4 is 17.4 Å². The standard InChI is InChI=1S/C14H11ClF2N2O/c15-12-6-11(1-2-13(12)17)20-7-8-3-9(14(18)19)5-10(16)4-8/h1-6H,7H2,(H3,18,19). The zero-order chi connectivity index (χ0) is 14.7. The van der Waals surface area contributed by atoms with Crippen molar-refractivity contribution in [1.29, 1.82) is 5.41 Å². The van der Waals surface area contributed by atoms with Gasteiger partial charge in [-0.05, 0) is 35.9 Å². The molecule has 0 saturated carbocycles. The number of hydrogen-bond donors (Lipinski definition) is 2. The van der Waals surface area contributed by atoms with Crippen molar-refractivity contribution in [3.8, 4) is 5.75 Å². The van der Waals surface area contributed by atoms with Gasteiger partial charge in [0, 0.05) is 11.6 Å². The summed E-state index contributed by atoms with van der Waals surface area (Å²) in [7, 11) is 0. The Labute approximate surface area is 119 Å². The molecule has 0 aliphatic carbocycles. The van der Waals surface area contributed by atoms with Crippen LogP contribution in [0.3, 0.4) is 0 Å². The van der Waals surface area contributed by atoms with E-state index in [1.165, 1.54) is 30.3 Å². The molecule has 0 atom stereocenters. The molecule has 0 aliphatic heterocycles. The van der Waals surface area contributed by atoms with Crippen LogP contribution >= 0.6 is 11.6 Å². The van der Waals surface area contributed by atoms with Crippen molar-refractivity contribution in [3.05, 3.63) is 64.2 Å². The quantitative estimate of drug-likeness (QED) is 0.670. The van der Waals surface area contributed by atoms with Crippen molar-refractivity contribution < 1.29 is 13.5 Å². The zero-order valence-electron chi connectivity index (χ0n) is 10.3. The monoisotopic (exact) mass is 296 g/mol. The van der Waals surface area contributed by atoms with Crippen molar-refractivity contribution in [3.63, 3.8) is 0 Å². The van der Waals surface area contributed by atoms with E-state index in [1.54, 1.807) is 6.07 Å². The fourth-order valence-electron chi connectivity index (χ4n) is 1.62. The molecule has 2 aromatic rings. The maximum Gasteiger partial charge on any atom is 0.142 e. The van der Waals surface area contributed by atoms with Crippen molar-refractivity contribution in [2.45, 2.75) is 6.61 Å². The minimum Gasteiger partial charge on any atom is -0.489 e. The predicted molar refractivity (Wildman–Crippen MR) is 73.2 cm³/mol. The number of nitrogens with one attached hydrogen (secondary N) is 1. The SMILES string of the molecule is N=C(N)c1cc(F)cc(COc2ccc(F)c(Cl)c2)c1. The van der Waals surface area contributed by atoms with E-state index in [0.717, 1.165) is 0 Å². The van der Waals surface area contributed by atoms with Gasteiger partial charge < -0.3 is 10.5 Å².